The summed E-state index contributed by atoms with van der Waals surface area (Å²) in [7, 11) is -2.74. The molecular weight excluding hydrogens is 306 g/mol. The van der Waals surface area contributed by atoms with Gasteiger partial charge in [-0.3, -0.25) is 0 Å². The van der Waals surface area contributed by atoms with Gasteiger partial charge in [-0.1, -0.05) is 6.07 Å². The summed E-state index contributed by atoms with van der Waals surface area (Å²) in [5.74, 6) is -2.25. The molecule has 2 rings (SSSR count). The van der Waals surface area contributed by atoms with Crippen molar-refractivity contribution in [1.82, 2.24) is 4.31 Å². The molecule has 0 saturated carbocycles. The number of benzene rings is 1. The van der Waals surface area contributed by atoms with E-state index in [1.54, 1.807) is 12.1 Å². The molecule has 0 aliphatic carbocycles. The first kappa shape index (κ1) is 14.9. The highest BCUT2D eigenvalue weighted by Gasteiger charge is 2.27. The Balaban J connectivity index is 2.37. The van der Waals surface area contributed by atoms with Crippen molar-refractivity contribution in [2.45, 2.75) is 11.4 Å². The van der Waals surface area contributed by atoms with Gasteiger partial charge in [0.15, 0.2) is 5.82 Å². The van der Waals surface area contributed by atoms with Gasteiger partial charge in [0.25, 0.3) is 0 Å². The lowest BCUT2D eigenvalue weighted by Crippen LogP contribution is -2.27. The lowest BCUT2D eigenvalue weighted by Gasteiger charge is -2.17. The zero-order chi connectivity index (χ0) is 14.9. The van der Waals surface area contributed by atoms with Crippen molar-refractivity contribution in [3.63, 3.8) is 0 Å². The van der Waals surface area contributed by atoms with E-state index in [0.29, 0.717) is 0 Å². The molecule has 0 atom stereocenters. The third-order valence-electron chi connectivity index (χ3n) is 2.74. The van der Waals surface area contributed by atoms with Crippen LogP contribution in [0, 0.1) is 11.6 Å². The summed E-state index contributed by atoms with van der Waals surface area (Å²) in [6, 6.07) is 5.27. The van der Waals surface area contributed by atoms with Gasteiger partial charge in [-0.2, -0.15) is 4.31 Å². The number of halogens is 2. The number of hydrogen-bond acceptors (Lipinski definition) is 4. The summed E-state index contributed by atoms with van der Waals surface area (Å²) < 4.78 is 52.4. The predicted octanol–water partition coefficient (Wildman–Crippen LogP) is 2.43. The van der Waals surface area contributed by atoms with Crippen molar-refractivity contribution < 1.29 is 17.2 Å². The monoisotopic (exact) mass is 318 g/mol. The summed E-state index contributed by atoms with van der Waals surface area (Å²) >= 11 is 1.39. The van der Waals surface area contributed by atoms with E-state index in [1.807, 2.05) is 5.38 Å². The Morgan fingerprint density at radius 1 is 1.30 bits per heavy atom. The highest BCUT2D eigenvalue weighted by Crippen LogP contribution is 2.26. The largest absolute Gasteiger partial charge is 0.394 e. The van der Waals surface area contributed by atoms with E-state index in [4.69, 9.17) is 5.73 Å². The molecule has 0 aliphatic heterocycles. The van der Waals surface area contributed by atoms with Crippen LogP contribution in [0.25, 0.3) is 0 Å². The maximum absolute atomic E-state index is 13.8. The Bertz CT molecular complexity index is 715. The third-order valence-corrected chi connectivity index (χ3v) is 5.42. The van der Waals surface area contributed by atoms with Crippen molar-refractivity contribution in [1.29, 1.82) is 0 Å². The van der Waals surface area contributed by atoms with Crippen molar-refractivity contribution >= 4 is 27.0 Å². The first-order chi connectivity index (χ1) is 9.34. The molecule has 0 bridgehead atoms. The van der Waals surface area contributed by atoms with Gasteiger partial charge in [-0.05, 0) is 23.6 Å². The predicted molar refractivity (Wildman–Crippen MR) is 73.7 cm³/mol. The Morgan fingerprint density at radius 2 is 2.00 bits per heavy atom. The van der Waals surface area contributed by atoms with Gasteiger partial charge in [0.1, 0.15) is 16.4 Å². The Morgan fingerprint density at radius 3 is 2.60 bits per heavy atom. The molecule has 1 aromatic heterocycles. The van der Waals surface area contributed by atoms with Crippen LogP contribution >= 0.6 is 11.3 Å². The molecule has 0 amide bonds. The van der Waals surface area contributed by atoms with Gasteiger partial charge in [0.2, 0.25) is 10.0 Å². The number of sulfonamides is 1. The zero-order valence-electron chi connectivity index (χ0n) is 10.5. The minimum absolute atomic E-state index is 0.108. The molecule has 0 spiro atoms. The number of rotatable bonds is 4. The van der Waals surface area contributed by atoms with Gasteiger partial charge in [0, 0.05) is 18.5 Å². The quantitative estimate of drug-likeness (QED) is 0.881. The van der Waals surface area contributed by atoms with Crippen LogP contribution in [-0.4, -0.2) is 19.8 Å². The lowest BCUT2D eigenvalue weighted by atomic mass is 10.3. The smallest absolute Gasteiger partial charge is 0.246 e. The minimum atomic E-state index is -4.07. The van der Waals surface area contributed by atoms with Gasteiger partial charge < -0.3 is 5.73 Å². The molecule has 2 aromatic rings. The molecule has 1 aromatic carbocycles. The molecule has 0 fully saturated rings. The molecule has 2 N–H and O–H groups in total. The van der Waals surface area contributed by atoms with Gasteiger partial charge in [-0.15, -0.1) is 11.3 Å². The topological polar surface area (TPSA) is 63.4 Å². The molecule has 108 valence electrons. The molecule has 0 unspecified atom stereocenters. The summed E-state index contributed by atoms with van der Waals surface area (Å²) in [6.07, 6.45) is 0. The van der Waals surface area contributed by atoms with E-state index in [1.165, 1.54) is 18.4 Å². The molecule has 0 saturated heterocycles. The summed E-state index contributed by atoms with van der Waals surface area (Å²) in [5, 5.41) is 1.81. The Labute approximate surface area is 119 Å². The third kappa shape index (κ3) is 2.67. The Hall–Kier alpha value is -1.51. The average Bonchev–Trinajstić information content (AvgIpc) is 2.88. The molecule has 1 heterocycles. The summed E-state index contributed by atoms with van der Waals surface area (Å²) in [5.41, 5.74) is 4.39. The second-order valence-corrected chi connectivity index (χ2v) is 7.16. The summed E-state index contributed by atoms with van der Waals surface area (Å²) in [6.45, 7) is 0.108. The summed E-state index contributed by atoms with van der Waals surface area (Å²) in [4.78, 5) is 0.182. The van der Waals surface area contributed by atoms with Crippen molar-refractivity contribution in [3.8, 4) is 0 Å². The van der Waals surface area contributed by atoms with Crippen LogP contribution in [0.15, 0.2) is 34.5 Å². The van der Waals surface area contributed by atoms with Crippen LogP contribution in [0.2, 0.25) is 0 Å². The second kappa shape index (κ2) is 5.47. The first-order valence-corrected chi connectivity index (χ1v) is 7.88. The lowest BCUT2D eigenvalue weighted by molar-refractivity contribution is 0.462. The zero-order valence-corrected chi connectivity index (χ0v) is 12.1. The van der Waals surface area contributed by atoms with Crippen LogP contribution < -0.4 is 5.73 Å². The highest BCUT2D eigenvalue weighted by atomic mass is 32.2. The van der Waals surface area contributed by atoms with E-state index >= 15 is 0 Å². The molecule has 4 nitrogen and oxygen atoms in total. The minimum Gasteiger partial charge on any atom is -0.394 e. The number of nitrogen functional groups attached to an aromatic ring is 1. The van der Waals surface area contributed by atoms with Crippen LogP contribution in [0.4, 0.5) is 14.5 Å². The van der Waals surface area contributed by atoms with Crippen molar-refractivity contribution in [2.24, 2.45) is 0 Å². The van der Waals surface area contributed by atoms with Crippen molar-refractivity contribution in [2.75, 3.05) is 12.8 Å². The fourth-order valence-electron chi connectivity index (χ4n) is 1.62. The number of nitrogens with zero attached hydrogens (tertiary/aromatic N) is 1. The maximum Gasteiger partial charge on any atom is 0.246 e. The normalized spacial score (nSPS) is 12.0. The molecule has 0 aliphatic rings. The maximum atomic E-state index is 13.8. The number of hydrogen-bond donors (Lipinski definition) is 1. The molecular formula is C12H12F2N2O2S2. The average molecular weight is 318 g/mol. The van der Waals surface area contributed by atoms with Gasteiger partial charge in [0.05, 0.1) is 0 Å². The second-order valence-electron chi connectivity index (χ2n) is 4.11. The van der Waals surface area contributed by atoms with Crippen LogP contribution in [0.5, 0.6) is 0 Å². The standard InChI is InChI=1S/C12H12F2N2O2S2/c1-16(7-8-3-2-6-19-8)20(17,18)10-5-4-9(13)12(15)11(10)14/h2-6H,7,15H2,1H3. The highest BCUT2D eigenvalue weighted by molar-refractivity contribution is 7.89. The fourth-order valence-corrected chi connectivity index (χ4v) is 3.68. The number of thiophene rings is 1. The van der Waals surface area contributed by atoms with E-state index in [-0.39, 0.29) is 6.54 Å². The molecule has 8 heteroatoms. The van der Waals surface area contributed by atoms with E-state index in [2.05, 4.69) is 0 Å². The number of nitrogens with two attached hydrogens (primary N) is 1. The van der Waals surface area contributed by atoms with E-state index in [0.717, 1.165) is 21.3 Å². The van der Waals surface area contributed by atoms with Crippen LogP contribution in [0.1, 0.15) is 4.88 Å². The van der Waals surface area contributed by atoms with E-state index < -0.39 is 32.2 Å². The molecule has 0 radical (unpaired) electrons. The van der Waals surface area contributed by atoms with E-state index in [9.17, 15) is 17.2 Å². The first-order valence-electron chi connectivity index (χ1n) is 5.56. The SMILES string of the molecule is CN(Cc1cccs1)S(=O)(=O)c1ccc(F)c(N)c1F. The van der Waals surface area contributed by atoms with Crippen LogP contribution in [0.3, 0.4) is 0 Å². The van der Waals surface area contributed by atoms with Gasteiger partial charge >= 0.3 is 0 Å². The molecule has 20 heavy (non-hydrogen) atoms. The van der Waals surface area contributed by atoms with Gasteiger partial charge in [-0.25, -0.2) is 17.2 Å². The van der Waals surface area contributed by atoms with Crippen LogP contribution in [-0.2, 0) is 16.6 Å². The van der Waals surface area contributed by atoms with Crippen molar-refractivity contribution in [3.05, 3.63) is 46.2 Å². The Kier molecular flexibility index (Phi) is 4.07. The number of anilines is 1. The fraction of sp³-hybridized carbons (Fsp3) is 0.167.